The summed E-state index contributed by atoms with van der Waals surface area (Å²) in [4.78, 5) is 43.9. The van der Waals surface area contributed by atoms with Crippen LogP contribution in [0.2, 0.25) is 0 Å². The average molecular weight is 593 g/mol. The molecule has 0 N–H and O–H groups in total. The van der Waals surface area contributed by atoms with Crippen molar-refractivity contribution in [3.8, 4) is 6.07 Å². The Morgan fingerprint density at radius 1 is 1.22 bits per heavy atom. The second-order valence-electron chi connectivity index (χ2n) is 10.3. The molecular formula is C31H36N4O4S2. The first kappa shape index (κ1) is 30.5. The number of piperidine rings is 1. The van der Waals surface area contributed by atoms with Gasteiger partial charge in [-0.25, -0.2) is 0 Å². The fourth-order valence-electron chi connectivity index (χ4n) is 5.42. The number of ether oxygens (including phenoxy) is 1. The molecular weight excluding hydrogens is 556 g/mol. The van der Waals surface area contributed by atoms with Gasteiger partial charge in [0, 0.05) is 25.2 Å². The van der Waals surface area contributed by atoms with Crippen LogP contribution in [-0.4, -0.2) is 45.4 Å². The Morgan fingerprint density at radius 3 is 2.51 bits per heavy atom. The van der Waals surface area contributed by atoms with Crippen LogP contribution in [0.25, 0.3) is 6.08 Å². The number of thiocarbonyl (C=S) groups is 1. The topological polar surface area (TPSA) is 95.6 Å². The molecule has 2 fully saturated rings. The van der Waals surface area contributed by atoms with Crippen molar-refractivity contribution in [2.45, 2.75) is 66.0 Å². The number of amides is 1. The van der Waals surface area contributed by atoms with Crippen molar-refractivity contribution in [1.29, 1.82) is 5.26 Å². The summed E-state index contributed by atoms with van der Waals surface area (Å²) in [7, 11) is 0. The Labute approximate surface area is 251 Å². The molecule has 4 rings (SSSR count). The van der Waals surface area contributed by atoms with Crippen LogP contribution in [0.5, 0.6) is 0 Å². The summed E-state index contributed by atoms with van der Waals surface area (Å²) >= 11 is 6.89. The quantitative estimate of drug-likeness (QED) is 0.212. The predicted molar refractivity (Wildman–Crippen MR) is 167 cm³/mol. The molecule has 41 heavy (non-hydrogen) atoms. The zero-order valence-corrected chi connectivity index (χ0v) is 25.6. The summed E-state index contributed by atoms with van der Waals surface area (Å²) in [5.41, 5.74) is 1.93. The van der Waals surface area contributed by atoms with Gasteiger partial charge in [-0.3, -0.25) is 23.9 Å². The zero-order chi connectivity index (χ0) is 29.7. The lowest BCUT2D eigenvalue weighted by Gasteiger charge is -2.35. The molecule has 0 saturated carbocycles. The number of carbonyl (C=O) groups excluding carboxylic acids is 2. The molecule has 2 saturated heterocycles. The van der Waals surface area contributed by atoms with E-state index in [0.29, 0.717) is 65.3 Å². The normalized spacial score (nSPS) is 17.7. The van der Waals surface area contributed by atoms with Crippen molar-refractivity contribution in [1.82, 2.24) is 9.47 Å². The van der Waals surface area contributed by atoms with Gasteiger partial charge in [-0.2, -0.15) is 5.26 Å². The van der Waals surface area contributed by atoms with Crippen LogP contribution in [0.15, 0.2) is 40.0 Å². The summed E-state index contributed by atoms with van der Waals surface area (Å²) in [6.45, 7) is 9.45. The van der Waals surface area contributed by atoms with Crippen molar-refractivity contribution in [2.24, 2.45) is 5.92 Å². The van der Waals surface area contributed by atoms with E-state index in [1.165, 1.54) is 11.8 Å². The molecule has 1 unspecified atom stereocenters. The Morgan fingerprint density at radius 2 is 1.90 bits per heavy atom. The molecule has 0 spiro atoms. The largest absolute Gasteiger partial charge is 0.466 e. The van der Waals surface area contributed by atoms with Crippen molar-refractivity contribution in [3.63, 3.8) is 0 Å². The van der Waals surface area contributed by atoms with Crippen LogP contribution >= 0.6 is 24.0 Å². The molecule has 3 heterocycles. The number of carbonyl (C=O) groups is 2. The molecule has 2 aliphatic rings. The number of benzene rings is 1. The number of esters is 1. The molecule has 216 valence electrons. The molecule has 0 aliphatic carbocycles. The van der Waals surface area contributed by atoms with Gasteiger partial charge in [0.25, 0.3) is 11.5 Å². The summed E-state index contributed by atoms with van der Waals surface area (Å²) in [6, 6.07) is 11.6. The highest BCUT2D eigenvalue weighted by atomic mass is 32.2. The number of anilines is 1. The zero-order valence-electron chi connectivity index (χ0n) is 24.0. The third kappa shape index (κ3) is 6.26. The Bertz CT molecular complexity index is 1450. The van der Waals surface area contributed by atoms with Crippen LogP contribution in [0, 0.1) is 24.2 Å². The van der Waals surface area contributed by atoms with Crippen molar-refractivity contribution < 1.29 is 14.3 Å². The summed E-state index contributed by atoms with van der Waals surface area (Å²) in [5.74, 6) is 0.0970. The van der Waals surface area contributed by atoms with Crippen LogP contribution in [0.1, 0.15) is 74.8 Å². The number of rotatable bonds is 9. The van der Waals surface area contributed by atoms with E-state index in [2.05, 4.69) is 17.9 Å². The van der Waals surface area contributed by atoms with E-state index in [1.54, 1.807) is 29.4 Å². The molecule has 1 aromatic heterocycles. The molecule has 2 aromatic rings. The maximum atomic E-state index is 13.7. The number of thioether (sulfide) groups is 1. The number of hydrogen-bond acceptors (Lipinski definition) is 8. The minimum absolute atomic E-state index is 0.0747. The fraction of sp³-hybridized carbons (Fsp3) is 0.452. The van der Waals surface area contributed by atoms with Gasteiger partial charge in [0.15, 0.2) is 0 Å². The minimum atomic E-state index is -0.330. The first-order chi connectivity index (χ1) is 19.7. The number of pyridine rings is 1. The minimum Gasteiger partial charge on any atom is -0.466 e. The van der Waals surface area contributed by atoms with Gasteiger partial charge in [0.2, 0.25) is 0 Å². The van der Waals surface area contributed by atoms with E-state index in [-0.39, 0.29) is 35.0 Å². The van der Waals surface area contributed by atoms with Crippen LogP contribution in [-0.2, 0) is 20.9 Å². The molecule has 0 radical (unpaired) electrons. The van der Waals surface area contributed by atoms with Gasteiger partial charge >= 0.3 is 5.97 Å². The maximum absolute atomic E-state index is 13.7. The van der Waals surface area contributed by atoms with Crippen molar-refractivity contribution in [3.05, 3.63) is 67.8 Å². The average Bonchev–Trinajstić information content (AvgIpc) is 3.26. The second-order valence-corrected chi connectivity index (χ2v) is 12.0. The van der Waals surface area contributed by atoms with E-state index in [0.717, 1.165) is 18.4 Å². The van der Waals surface area contributed by atoms with Gasteiger partial charge in [0.1, 0.15) is 21.8 Å². The molecule has 2 aliphatic heterocycles. The van der Waals surface area contributed by atoms with Gasteiger partial charge in [-0.1, -0.05) is 67.7 Å². The molecule has 0 bridgehead atoms. The molecule has 10 heteroatoms. The van der Waals surface area contributed by atoms with E-state index in [4.69, 9.17) is 17.0 Å². The van der Waals surface area contributed by atoms with Gasteiger partial charge in [-0.05, 0) is 57.2 Å². The second kappa shape index (κ2) is 13.5. The molecule has 1 aromatic carbocycles. The highest BCUT2D eigenvalue weighted by Crippen LogP contribution is 2.40. The number of aromatic nitrogens is 1. The van der Waals surface area contributed by atoms with Gasteiger partial charge in [-0.15, -0.1) is 0 Å². The van der Waals surface area contributed by atoms with E-state index in [9.17, 15) is 19.6 Å². The molecule has 8 nitrogen and oxygen atoms in total. The number of nitrogens with zero attached hydrogens (tertiary/aromatic N) is 4. The van der Waals surface area contributed by atoms with E-state index >= 15 is 0 Å². The highest BCUT2D eigenvalue weighted by molar-refractivity contribution is 8.26. The van der Waals surface area contributed by atoms with Crippen molar-refractivity contribution >= 4 is 52.1 Å². The number of hydrogen-bond donors (Lipinski definition) is 0. The van der Waals surface area contributed by atoms with Crippen LogP contribution in [0.3, 0.4) is 0 Å². The third-order valence-electron chi connectivity index (χ3n) is 7.76. The SMILES string of the molecule is CCCCn1c(N2CCC(C(=O)OCC)CC2)c(C=C2SC(=S)N(C(C)c3ccccc3)C2=O)c(C)c(C#N)c1=O. The van der Waals surface area contributed by atoms with Crippen molar-refractivity contribution in [2.75, 3.05) is 24.6 Å². The summed E-state index contributed by atoms with van der Waals surface area (Å²) in [5, 5.41) is 9.97. The van der Waals surface area contributed by atoms with Crippen LogP contribution < -0.4 is 10.5 Å². The smallest absolute Gasteiger partial charge is 0.309 e. The lowest BCUT2D eigenvalue weighted by atomic mass is 9.95. The summed E-state index contributed by atoms with van der Waals surface area (Å²) in [6.07, 6.45) is 4.61. The van der Waals surface area contributed by atoms with Gasteiger partial charge in [0.05, 0.1) is 23.5 Å². The third-order valence-corrected chi connectivity index (χ3v) is 9.09. The summed E-state index contributed by atoms with van der Waals surface area (Å²) < 4.78 is 7.39. The lowest BCUT2D eigenvalue weighted by Crippen LogP contribution is -2.41. The fourth-order valence-corrected chi connectivity index (χ4v) is 6.82. The lowest BCUT2D eigenvalue weighted by molar-refractivity contribution is -0.148. The Hall–Kier alpha value is -3.42. The predicted octanol–water partition coefficient (Wildman–Crippen LogP) is 5.57. The first-order valence-electron chi connectivity index (χ1n) is 14.1. The van der Waals surface area contributed by atoms with E-state index in [1.807, 2.05) is 37.3 Å². The Balaban J connectivity index is 1.79. The highest BCUT2D eigenvalue weighted by Gasteiger charge is 2.37. The maximum Gasteiger partial charge on any atom is 0.309 e. The molecule has 1 atom stereocenters. The number of unbranched alkanes of at least 4 members (excludes halogenated alkanes) is 1. The standard InChI is InChI=1S/C31H36N4O4S2/c1-5-7-15-34-27(33-16-13-23(14-17-33)30(38)39-6-2)24(20(3)25(19-32)28(34)36)18-26-29(37)35(31(40)41-26)21(4)22-11-9-8-10-12-22/h8-12,18,21,23H,5-7,13-17H2,1-4H3. The van der Waals surface area contributed by atoms with Gasteiger partial charge < -0.3 is 9.64 Å². The number of nitriles is 1. The first-order valence-corrected chi connectivity index (χ1v) is 15.4. The van der Waals surface area contributed by atoms with E-state index < -0.39 is 0 Å². The molecule has 1 amide bonds. The monoisotopic (exact) mass is 592 g/mol. The Kier molecular flexibility index (Phi) is 10.1. The van der Waals surface area contributed by atoms with Crippen LogP contribution in [0.4, 0.5) is 5.82 Å².